The summed E-state index contributed by atoms with van der Waals surface area (Å²) in [6.45, 7) is 1.29. The number of nitrogens with zero attached hydrogens (tertiary/aromatic N) is 1. The van der Waals surface area contributed by atoms with Crippen molar-refractivity contribution in [3.63, 3.8) is 0 Å². The van der Waals surface area contributed by atoms with Gasteiger partial charge in [0.1, 0.15) is 0 Å². The van der Waals surface area contributed by atoms with Gasteiger partial charge in [0.05, 0.1) is 11.3 Å². The summed E-state index contributed by atoms with van der Waals surface area (Å²) in [7, 11) is 0. The Bertz CT molecular complexity index is 729. The zero-order valence-corrected chi connectivity index (χ0v) is 11.3. The number of benzene rings is 1. The lowest BCUT2D eigenvalue weighted by Crippen LogP contribution is -2.36. The molecule has 0 aliphatic rings. The molecule has 6 heteroatoms. The van der Waals surface area contributed by atoms with Gasteiger partial charge in [-0.2, -0.15) is 0 Å². The van der Waals surface area contributed by atoms with Crippen molar-refractivity contribution in [1.29, 1.82) is 0 Å². The standard InChI is InChI=1S/C13H12N2O3S/c1-8(16)11-7-14-13(18)15(12(11)17)9-3-5-10(19-2)6-4-9/h3-7H,1-2H3,(H,14,18). The second kappa shape index (κ2) is 5.27. The fourth-order valence-corrected chi connectivity index (χ4v) is 2.10. The number of nitrogens with one attached hydrogen (secondary N) is 1. The van der Waals surface area contributed by atoms with Gasteiger partial charge in [0.25, 0.3) is 5.56 Å². The number of hydrogen-bond donors (Lipinski definition) is 1. The molecular weight excluding hydrogens is 264 g/mol. The number of aromatic nitrogens is 2. The Balaban J connectivity index is 2.67. The van der Waals surface area contributed by atoms with Gasteiger partial charge < -0.3 is 4.98 Å². The van der Waals surface area contributed by atoms with E-state index < -0.39 is 11.2 Å². The number of hydrogen-bond acceptors (Lipinski definition) is 4. The van der Waals surface area contributed by atoms with Crippen molar-refractivity contribution in [3.05, 3.63) is 56.9 Å². The number of rotatable bonds is 3. The van der Waals surface area contributed by atoms with Crippen LogP contribution in [0.1, 0.15) is 17.3 Å². The molecule has 19 heavy (non-hydrogen) atoms. The summed E-state index contributed by atoms with van der Waals surface area (Å²) < 4.78 is 0.959. The molecular formula is C13H12N2O3S. The normalized spacial score (nSPS) is 10.4. The van der Waals surface area contributed by atoms with Crippen molar-refractivity contribution in [2.75, 3.05) is 6.26 Å². The first-order valence-corrected chi connectivity index (χ1v) is 6.77. The second-order valence-corrected chi connectivity index (χ2v) is 4.78. The van der Waals surface area contributed by atoms with E-state index in [0.717, 1.165) is 15.7 Å². The molecule has 1 aromatic heterocycles. The summed E-state index contributed by atoms with van der Waals surface area (Å²) >= 11 is 1.56. The highest BCUT2D eigenvalue weighted by atomic mass is 32.2. The first-order chi connectivity index (χ1) is 9.04. The topological polar surface area (TPSA) is 71.9 Å². The largest absolute Gasteiger partial charge is 0.333 e. The quantitative estimate of drug-likeness (QED) is 0.680. The predicted octanol–water partition coefficient (Wildman–Crippen LogP) is 1.45. The summed E-state index contributed by atoms with van der Waals surface area (Å²) in [4.78, 5) is 38.6. The van der Waals surface area contributed by atoms with E-state index >= 15 is 0 Å². The molecule has 0 saturated carbocycles. The van der Waals surface area contributed by atoms with Crippen molar-refractivity contribution in [1.82, 2.24) is 9.55 Å². The number of Topliss-reactive ketones (excluding diaryl/α,β-unsaturated/α-hetero) is 1. The van der Waals surface area contributed by atoms with E-state index in [0.29, 0.717) is 5.69 Å². The minimum atomic E-state index is -0.604. The Morgan fingerprint density at radius 3 is 2.37 bits per heavy atom. The van der Waals surface area contributed by atoms with Crippen LogP contribution in [-0.2, 0) is 0 Å². The Morgan fingerprint density at radius 2 is 1.84 bits per heavy atom. The van der Waals surface area contributed by atoms with Crippen LogP contribution in [0.15, 0.2) is 44.9 Å². The average Bonchev–Trinajstić information content (AvgIpc) is 2.39. The Morgan fingerprint density at radius 1 is 1.21 bits per heavy atom. The molecule has 1 aromatic carbocycles. The number of thioether (sulfide) groups is 1. The molecule has 0 amide bonds. The third-order valence-corrected chi connectivity index (χ3v) is 3.43. The molecule has 0 aliphatic carbocycles. The molecule has 0 saturated heterocycles. The number of carbonyl (C=O) groups excluding carboxylic acids is 1. The number of aromatic amines is 1. The van der Waals surface area contributed by atoms with Gasteiger partial charge in [-0.3, -0.25) is 9.59 Å². The van der Waals surface area contributed by atoms with Crippen molar-refractivity contribution in [2.45, 2.75) is 11.8 Å². The van der Waals surface area contributed by atoms with Crippen molar-refractivity contribution < 1.29 is 4.79 Å². The van der Waals surface area contributed by atoms with E-state index in [9.17, 15) is 14.4 Å². The zero-order valence-electron chi connectivity index (χ0n) is 10.5. The van der Waals surface area contributed by atoms with Crippen molar-refractivity contribution in [2.24, 2.45) is 0 Å². The van der Waals surface area contributed by atoms with Gasteiger partial charge in [0, 0.05) is 11.1 Å². The van der Waals surface area contributed by atoms with Crippen LogP contribution < -0.4 is 11.2 Å². The molecule has 0 spiro atoms. The van der Waals surface area contributed by atoms with Crippen LogP contribution in [0, 0.1) is 0 Å². The zero-order chi connectivity index (χ0) is 14.0. The summed E-state index contributed by atoms with van der Waals surface area (Å²) in [6.07, 6.45) is 3.09. The molecule has 2 aromatic rings. The maximum Gasteiger partial charge on any atom is 0.333 e. The smallest absolute Gasteiger partial charge is 0.313 e. The van der Waals surface area contributed by atoms with Gasteiger partial charge >= 0.3 is 5.69 Å². The van der Waals surface area contributed by atoms with Gasteiger partial charge in [0.15, 0.2) is 5.78 Å². The van der Waals surface area contributed by atoms with E-state index in [-0.39, 0.29) is 11.3 Å². The predicted molar refractivity (Wildman–Crippen MR) is 74.4 cm³/mol. The van der Waals surface area contributed by atoms with Crippen LogP contribution in [0.2, 0.25) is 0 Å². The van der Waals surface area contributed by atoms with Gasteiger partial charge in [-0.25, -0.2) is 9.36 Å². The van der Waals surface area contributed by atoms with E-state index in [2.05, 4.69) is 4.98 Å². The Hall–Kier alpha value is -2.08. The summed E-state index contributed by atoms with van der Waals surface area (Å²) in [5, 5.41) is 0. The minimum absolute atomic E-state index is 0.0338. The fourth-order valence-electron chi connectivity index (χ4n) is 1.69. The van der Waals surface area contributed by atoms with Gasteiger partial charge in [-0.05, 0) is 37.4 Å². The highest BCUT2D eigenvalue weighted by Crippen LogP contribution is 2.15. The fraction of sp³-hybridized carbons (Fsp3) is 0.154. The van der Waals surface area contributed by atoms with E-state index in [4.69, 9.17) is 0 Å². The lowest BCUT2D eigenvalue weighted by Gasteiger charge is -2.06. The SMILES string of the molecule is CSc1ccc(-n2c(=O)[nH]cc(C(C)=O)c2=O)cc1. The third kappa shape index (κ3) is 2.53. The Labute approximate surface area is 113 Å². The molecule has 0 fully saturated rings. The molecule has 1 N–H and O–H groups in total. The maximum atomic E-state index is 12.1. The molecule has 0 unspecified atom stereocenters. The van der Waals surface area contributed by atoms with Crippen LogP contribution in [-0.4, -0.2) is 21.6 Å². The van der Waals surface area contributed by atoms with Crippen molar-refractivity contribution in [3.8, 4) is 5.69 Å². The number of H-pyrrole nitrogens is 1. The molecule has 5 nitrogen and oxygen atoms in total. The van der Waals surface area contributed by atoms with Crippen LogP contribution in [0.5, 0.6) is 0 Å². The van der Waals surface area contributed by atoms with E-state index in [1.54, 1.807) is 23.9 Å². The highest BCUT2D eigenvalue weighted by molar-refractivity contribution is 7.98. The molecule has 2 rings (SSSR count). The summed E-state index contributed by atoms with van der Waals surface area (Å²) in [5.74, 6) is -0.379. The first-order valence-electron chi connectivity index (χ1n) is 5.54. The lowest BCUT2D eigenvalue weighted by molar-refractivity contribution is 0.101. The summed E-state index contributed by atoms with van der Waals surface area (Å²) in [5.41, 5.74) is -0.763. The Kier molecular flexibility index (Phi) is 3.71. The highest BCUT2D eigenvalue weighted by Gasteiger charge is 2.12. The van der Waals surface area contributed by atoms with Gasteiger partial charge in [0.2, 0.25) is 0 Å². The van der Waals surface area contributed by atoms with Crippen LogP contribution >= 0.6 is 11.8 Å². The van der Waals surface area contributed by atoms with Gasteiger partial charge in [-0.15, -0.1) is 11.8 Å². The van der Waals surface area contributed by atoms with Crippen molar-refractivity contribution >= 4 is 17.5 Å². The van der Waals surface area contributed by atoms with Crippen LogP contribution in [0.4, 0.5) is 0 Å². The van der Waals surface area contributed by atoms with Crippen LogP contribution in [0.25, 0.3) is 5.69 Å². The molecule has 0 atom stereocenters. The van der Waals surface area contributed by atoms with E-state index in [1.165, 1.54) is 6.92 Å². The third-order valence-electron chi connectivity index (χ3n) is 2.69. The monoisotopic (exact) mass is 276 g/mol. The average molecular weight is 276 g/mol. The lowest BCUT2D eigenvalue weighted by atomic mass is 10.2. The minimum Gasteiger partial charge on any atom is -0.313 e. The van der Waals surface area contributed by atoms with Crippen LogP contribution in [0.3, 0.4) is 0 Å². The summed E-state index contributed by atoms with van der Waals surface area (Å²) in [6, 6.07) is 6.97. The molecule has 0 bridgehead atoms. The number of carbonyl (C=O) groups is 1. The molecule has 0 aliphatic heterocycles. The number of ketones is 1. The van der Waals surface area contributed by atoms with Gasteiger partial charge in [-0.1, -0.05) is 0 Å². The molecule has 0 radical (unpaired) electrons. The maximum absolute atomic E-state index is 12.1. The van der Waals surface area contributed by atoms with E-state index in [1.807, 2.05) is 18.4 Å². The molecule has 1 heterocycles. The molecule has 98 valence electrons. The second-order valence-electron chi connectivity index (χ2n) is 3.90. The first kappa shape index (κ1) is 13.4.